The Bertz CT molecular complexity index is 319. The zero-order chi connectivity index (χ0) is 9.97. The van der Waals surface area contributed by atoms with Crippen LogP contribution in [0, 0.1) is 0 Å². The van der Waals surface area contributed by atoms with Gasteiger partial charge in [-0.25, -0.2) is 0 Å². The maximum absolute atomic E-state index is 5.69. The van der Waals surface area contributed by atoms with E-state index in [-0.39, 0.29) is 0 Å². The van der Waals surface area contributed by atoms with Gasteiger partial charge in [0, 0.05) is 16.7 Å². The lowest BCUT2D eigenvalue weighted by Gasteiger charge is -2.15. The Kier molecular flexibility index (Phi) is 3.08. The molecule has 0 radical (unpaired) electrons. The number of anilines is 1. The third-order valence-corrected chi connectivity index (χ3v) is 3.41. The fourth-order valence-corrected chi connectivity index (χ4v) is 2.40. The highest BCUT2D eigenvalue weighted by Gasteiger charge is 2.12. The Balaban J connectivity index is 2.08. The number of hydrogen-bond acceptors (Lipinski definition) is 2. The molecule has 1 saturated heterocycles. The van der Waals surface area contributed by atoms with E-state index in [1.807, 2.05) is 12.1 Å². The van der Waals surface area contributed by atoms with Gasteiger partial charge in [-0.1, -0.05) is 22.0 Å². The Morgan fingerprint density at radius 1 is 1.29 bits per heavy atom. The summed E-state index contributed by atoms with van der Waals surface area (Å²) in [4.78, 5) is 2.48. The van der Waals surface area contributed by atoms with Crippen LogP contribution in [0.3, 0.4) is 0 Å². The third kappa shape index (κ3) is 2.28. The summed E-state index contributed by atoms with van der Waals surface area (Å²) in [5.74, 6) is 0. The molecule has 1 aliphatic heterocycles. The smallest absolute Gasteiger partial charge is 0.0325 e. The highest BCUT2D eigenvalue weighted by atomic mass is 79.9. The molecule has 1 heterocycles. The van der Waals surface area contributed by atoms with Gasteiger partial charge in [0.1, 0.15) is 0 Å². The fraction of sp³-hybridized carbons (Fsp3) is 0.455. The van der Waals surface area contributed by atoms with Gasteiger partial charge in [0.15, 0.2) is 0 Å². The third-order valence-electron chi connectivity index (χ3n) is 2.67. The van der Waals surface area contributed by atoms with E-state index in [1.165, 1.54) is 31.5 Å². The Morgan fingerprint density at radius 2 is 2.00 bits per heavy atom. The van der Waals surface area contributed by atoms with Crippen LogP contribution in [0.2, 0.25) is 0 Å². The minimum absolute atomic E-state index is 0.821. The van der Waals surface area contributed by atoms with Crippen molar-refractivity contribution in [3.05, 3.63) is 28.2 Å². The molecule has 0 saturated carbocycles. The van der Waals surface area contributed by atoms with Crippen LogP contribution in [0.25, 0.3) is 0 Å². The van der Waals surface area contributed by atoms with Crippen molar-refractivity contribution in [2.75, 3.05) is 18.8 Å². The molecule has 1 fully saturated rings. The maximum atomic E-state index is 5.69. The first kappa shape index (κ1) is 9.99. The number of benzene rings is 1. The van der Waals surface area contributed by atoms with Crippen LogP contribution in [0.5, 0.6) is 0 Å². The molecular weight excluding hydrogens is 240 g/mol. The first-order valence-corrected chi connectivity index (χ1v) is 5.81. The molecule has 76 valence electrons. The van der Waals surface area contributed by atoms with Crippen LogP contribution in [-0.2, 0) is 6.54 Å². The fourth-order valence-electron chi connectivity index (χ4n) is 1.87. The summed E-state index contributed by atoms with van der Waals surface area (Å²) in [7, 11) is 0. The average Bonchev–Trinajstić information content (AvgIpc) is 2.62. The van der Waals surface area contributed by atoms with E-state index in [4.69, 9.17) is 5.73 Å². The molecule has 0 unspecified atom stereocenters. The Labute approximate surface area is 93.2 Å². The molecule has 0 atom stereocenters. The summed E-state index contributed by atoms with van der Waals surface area (Å²) in [6, 6.07) is 6.05. The molecule has 1 aromatic rings. The van der Waals surface area contributed by atoms with E-state index in [0.29, 0.717) is 0 Å². The molecule has 2 nitrogen and oxygen atoms in total. The Hall–Kier alpha value is -0.540. The van der Waals surface area contributed by atoms with E-state index < -0.39 is 0 Å². The predicted molar refractivity (Wildman–Crippen MR) is 63.1 cm³/mol. The van der Waals surface area contributed by atoms with Crippen molar-refractivity contribution in [2.24, 2.45) is 0 Å². The summed E-state index contributed by atoms with van der Waals surface area (Å²) in [5.41, 5.74) is 7.85. The minimum Gasteiger partial charge on any atom is -0.399 e. The van der Waals surface area contributed by atoms with Crippen molar-refractivity contribution >= 4 is 21.6 Å². The van der Waals surface area contributed by atoms with Crippen LogP contribution >= 0.6 is 15.9 Å². The second-order valence-electron chi connectivity index (χ2n) is 3.83. The van der Waals surface area contributed by atoms with Gasteiger partial charge in [-0.2, -0.15) is 0 Å². The number of nitrogens with two attached hydrogens (primary N) is 1. The number of hydrogen-bond donors (Lipinski definition) is 1. The van der Waals surface area contributed by atoms with Crippen molar-refractivity contribution in [2.45, 2.75) is 19.4 Å². The first-order chi connectivity index (χ1) is 6.75. The van der Waals surface area contributed by atoms with Gasteiger partial charge in [-0.3, -0.25) is 4.90 Å². The summed E-state index contributed by atoms with van der Waals surface area (Å²) in [6.07, 6.45) is 2.68. The Morgan fingerprint density at radius 3 is 2.64 bits per heavy atom. The SMILES string of the molecule is Nc1ccc(CN2CCCC2)c(Br)c1. The van der Waals surface area contributed by atoms with Gasteiger partial charge in [0.05, 0.1) is 0 Å². The van der Waals surface area contributed by atoms with Crippen molar-refractivity contribution < 1.29 is 0 Å². The van der Waals surface area contributed by atoms with Crippen molar-refractivity contribution in [1.82, 2.24) is 4.90 Å². The summed E-state index contributed by atoms with van der Waals surface area (Å²) in [5, 5.41) is 0. The number of nitrogen functional groups attached to an aromatic ring is 1. The molecule has 0 amide bonds. The number of nitrogens with zero attached hydrogens (tertiary/aromatic N) is 1. The second kappa shape index (κ2) is 4.32. The maximum Gasteiger partial charge on any atom is 0.0325 e. The lowest BCUT2D eigenvalue weighted by Crippen LogP contribution is -2.18. The lowest BCUT2D eigenvalue weighted by atomic mass is 10.2. The van der Waals surface area contributed by atoms with Crippen molar-refractivity contribution in [3.8, 4) is 0 Å². The highest BCUT2D eigenvalue weighted by Crippen LogP contribution is 2.22. The largest absolute Gasteiger partial charge is 0.399 e. The summed E-state index contributed by atoms with van der Waals surface area (Å²) in [6.45, 7) is 3.51. The first-order valence-electron chi connectivity index (χ1n) is 5.02. The summed E-state index contributed by atoms with van der Waals surface area (Å²) < 4.78 is 1.13. The monoisotopic (exact) mass is 254 g/mol. The van der Waals surface area contributed by atoms with E-state index >= 15 is 0 Å². The summed E-state index contributed by atoms with van der Waals surface area (Å²) >= 11 is 3.55. The quantitative estimate of drug-likeness (QED) is 0.823. The molecule has 1 aliphatic rings. The standard InChI is InChI=1S/C11H15BrN2/c12-11-7-10(13)4-3-9(11)8-14-5-1-2-6-14/h3-4,7H,1-2,5-6,8,13H2. The molecule has 2 N–H and O–H groups in total. The van der Waals surface area contributed by atoms with Crippen molar-refractivity contribution in [1.29, 1.82) is 0 Å². The molecular formula is C11H15BrN2. The van der Waals surface area contributed by atoms with E-state index in [2.05, 4.69) is 26.9 Å². The minimum atomic E-state index is 0.821. The van der Waals surface area contributed by atoms with E-state index in [1.54, 1.807) is 0 Å². The van der Waals surface area contributed by atoms with Crippen LogP contribution < -0.4 is 5.73 Å². The number of rotatable bonds is 2. The van der Waals surface area contributed by atoms with Crippen LogP contribution in [-0.4, -0.2) is 18.0 Å². The van der Waals surface area contributed by atoms with Gasteiger partial charge in [-0.15, -0.1) is 0 Å². The zero-order valence-electron chi connectivity index (χ0n) is 8.17. The zero-order valence-corrected chi connectivity index (χ0v) is 9.76. The molecule has 14 heavy (non-hydrogen) atoms. The normalized spacial score (nSPS) is 17.5. The molecule has 2 rings (SSSR count). The average molecular weight is 255 g/mol. The predicted octanol–water partition coefficient (Wildman–Crippen LogP) is 2.63. The molecule has 0 aliphatic carbocycles. The van der Waals surface area contributed by atoms with Gasteiger partial charge in [-0.05, 0) is 43.6 Å². The molecule has 0 spiro atoms. The molecule has 0 bridgehead atoms. The van der Waals surface area contributed by atoms with Crippen LogP contribution in [0.15, 0.2) is 22.7 Å². The van der Waals surface area contributed by atoms with Gasteiger partial charge < -0.3 is 5.73 Å². The van der Waals surface area contributed by atoms with Crippen LogP contribution in [0.4, 0.5) is 5.69 Å². The molecule has 1 aromatic carbocycles. The van der Waals surface area contributed by atoms with Gasteiger partial charge >= 0.3 is 0 Å². The highest BCUT2D eigenvalue weighted by molar-refractivity contribution is 9.10. The number of likely N-dealkylation sites (tertiary alicyclic amines) is 1. The van der Waals surface area contributed by atoms with Crippen molar-refractivity contribution in [3.63, 3.8) is 0 Å². The molecule has 0 aromatic heterocycles. The lowest BCUT2D eigenvalue weighted by molar-refractivity contribution is 0.331. The second-order valence-corrected chi connectivity index (χ2v) is 4.69. The molecule has 3 heteroatoms. The van der Waals surface area contributed by atoms with E-state index in [9.17, 15) is 0 Å². The number of halogens is 1. The van der Waals surface area contributed by atoms with Gasteiger partial charge in [0.2, 0.25) is 0 Å². The topological polar surface area (TPSA) is 29.3 Å². The van der Waals surface area contributed by atoms with Crippen LogP contribution in [0.1, 0.15) is 18.4 Å². The van der Waals surface area contributed by atoms with Gasteiger partial charge in [0.25, 0.3) is 0 Å². The van der Waals surface area contributed by atoms with E-state index in [0.717, 1.165) is 16.7 Å².